The van der Waals surface area contributed by atoms with Crippen molar-refractivity contribution in [1.29, 1.82) is 0 Å². The van der Waals surface area contributed by atoms with Gasteiger partial charge in [-0.3, -0.25) is 18.8 Å². The minimum Gasteiger partial charge on any atom is -0.352 e. The SMILES string of the molecule is C[C@@H](NC(=O)Cn1cnc2c(cnn2C)c1=O)C(C)(C)CN(C)C. The van der Waals surface area contributed by atoms with Crippen LogP contribution in [0.3, 0.4) is 0 Å². The standard InChI is InChI=1S/C16H26N6O2/c1-11(16(2,3)9-20(4)5)19-13(23)8-22-10-17-14-12(15(22)24)7-18-21(14)6/h7,10-11H,8-9H2,1-6H3,(H,19,23)/t11-/m1/s1. The molecule has 0 aromatic carbocycles. The highest BCUT2D eigenvalue weighted by molar-refractivity contribution is 5.77. The number of nitrogens with zero attached hydrogens (tertiary/aromatic N) is 5. The molecule has 0 saturated carbocycles. The van der Waals surface area contributed by atoms with Gasteiger partial charge in [0.25, 0.3) is 5.56 Å². The maximum absolute atomic E-state index is 12.4. The van der Waals surface area contributed by atoms with Crippen LogP contribution >= 0.6 is 0 Å². The molecular weight excluding hydrogens is 308 g/mol. The average molecular weight is 334 g/mol. The molecule has 1 N–H and O–H groups in total. The van der Waals surface area contributed by atoms with Crippen LogP contribution in [0.25, 0.3) is 11.0 Å². The Bertz CT molecular complexity index is 789. The van der Waals surface area contributed by atoms with Crippen LogP contribution in [-0.2, 0) is 18.4 Å². The Balaban J connectivity index is 2.10. The Kier molecular flexibility index (Phi) is 5.08. The molecule has 0 aliphatic heterocycles. The molecule has 0 unspecified atom stereocenters. The van der Waals surface area contributed by atoms with Crippen molar-refractivity contribution in [2.75, 3.05) is 20.6 Å². The van der Waals surface area contributed by atoms with Gasteiger partial charge in [-0.25, -0.2) is 4.98 Å². The first-order chi connectivity index (χ1) is 11.1. The van der Waals surface area contributed by atoms with Crippen LogP contribution in [0.15, 0.2) is 17.3 Å². The van der Waals surface area contributed by atoms with Gasteiger partial charge in [-0.1, -0.05) is 13.8 Å². The van der Waals surface area contributed by atoms with Gasteiger partial charge in [-0.15, -0.1) is 0 Å². The summed E-state index contributed by atoms with van der Waals surface area (Å²) in [7, 11) is 5.73. The van der Waals surface area contributed by atoms with Crippen LogP contribution < -0.4 is 10.9 Å². The van der Waals surface area contributed by atoms with E-state index in [4.69, 9.17) is 0 Å². The molecule has 24 heavy (non-hydrogen) atoms. The van der Waals surface area contributed by atoms with Crippen molar-refractivity contribution in [2.24, 2.45) is 12.5 Å². The lowest BCUT2D eigenvalue weighted by Crippen LogP contribution is -2.48. The summed E-state index contributed by atoms with van der Waals surface area (Å²) in [5, 5.41) is 7.41. The molecule has 2 heterocycles. The summed E-state index contributed by atoms with van der Waals surface area (Å²) >= 11 is 0. The van der Waals surface area contributed by atoms with E-state index in [1.807, 2.05) is 21.0 Å². The second-order valence-electron chi connectivity index (χ2n) is 7.20. The second-order valence-corrected chi connectivity index (χ2v) is 7.20. The number of nitrogens with one attached hydrogen (secondary N) is 1. The molecule has 132 valence electrons. The molecule has 2 aromatic heterocycles. The number of carbonyl (C=O) groups is 1. The normalized spacial score (nSPS) is 13.5. The summed E-state index contributed by atoms with van der Waals surface area (Å²) in [4.78, 5) is 31.0. The quantitative estimate of drug-likeness (QED) is 0.817. The van der Waals surface area contributed by atoms with E-state index in [9.17, 15) is 9.59 Å². The molecule has 2 aromatic rings. The first-order valence-corrected chi connectivity index (χ1v) is 7.93. The maximum atomic E-state index is 12.4. The predicted molar refractivity (Wildman–Crippen MR) is 92.7 cm³/mol. The Labute approximate surface area is 141 Å². The van der Waals surface area contributed by atoms with Crippen LogP contribution in [0.2, 0.25) is 0 Å². The summed E-state index contributed by atoms with van der Waals surface area (Å²) < 4.78 is 2.85. The van der Waals surface area contributed by atoms with E-state index < -0.39 is 0 Å². The molecule has 0 aliphatic carbocycles. The molecule has 2 rings (SSSR count). The van der Waals surface area contributed by atoms with Gasteiger partial charge in [0.2, 0.25) is 5.91 Å². The highest BCUT2D eigenvalue weighted by Crippen LogP contribution is 2.21. The number of aromatic nitrogens is 4. The highest BCUT2D eigenvalue weighted by Gasteiger charge is 2.27. The summed E-state index contributed by atoms with van der Waals surface area (Å²) in [6.07, 6.45) is 2.86. The third kappa shape index (κ3) is 3.81. The first kappa shape index (κ1) is 18.1. The zero-order valence-electron chi connectivity index (χ0n) is 15.2. The molecule has 0 aliphatic rings. The molecule has 0 bridgehead atoms. The van der Waals surface area contributed by atoms with Crippen LogP contribution in [0.4, 0.5) is 0 Å². The summed E-state index contributed by atoms with van der Waals surface area (Å²) in [6, 6.07) is -0.0295. The topological polar surface area (TPSA) is 85.0 Å². The van der Waals surface area contributed by atoms with Gasteiger partial charge < -0.3 is 10.2 Å². The van der Waals surface area contributed by atoms with Gasteiger partial charge in [0.15, 0.2) is 5.65 Å². The van der Waals surface area contributed by atoms with Crippen LogP contribution in [-0.4, -0.2) is 56.8 Å². The van der Waals surface area contributed by atoms with Gasteiger partial charge in [0, 0.05) is 19.6 Å². The zero-order chi connectivity index (χ0) is 18.1. The van der Waals surface area contributed by atoms with E-state index in [1.54, 1.807) is 7.05 Å². The fourth-order valence-corrected chi connectivity index (χ4v) is 2.77. The lowest BCUT2D eigenvalue weighted by atomic mass is 9.85. The van der Waals surface area contributed by atoms with Crippen LogP contribution in [0.1, 0.15) is 20.8 Å². The first-order valence-electron chi connectivity index (χ1n) is 7.93. The number of fused-ring (bicyclic) bond motifs is 1. The monoisotopic (exact) mass is 334 g/mol. The van der Waals surface area contributed by atoms with E-state index in [-0.39, 0.29) is 29.5 Å². The fourth-order valence-electron chi connectivity index (χ4n) is 2.77. The number of aryl methyl sites for hydroxylation is 1. The van der Waals surface area contributed by atoms with Gasteiger partial charge in [-0.05, 0) is 26.4 Å². The van der Waals surface area contributed by atoms with Gasteiger partial charge >= 0.3 is 0 Å². The summed E-state index contributed by atoms with van der Waals surface area (Å²) in [5.74, 6) is -0.207. The van der Waals surface area contributed by atoms with E-state index in [1.165, 1.54) is 21.8 Å². The molecular formula is C16H26N6O2. The number of hydrogen-bond acceptors (Lipinski definition) is 5. The van der Waals surface area contributed by atoms with Gasteiger partial charge in [-0.2, -0.15) is 5.10 Å². The Hall–Kier alpha value is -2.22. The van der Waals surface area contributed by atoms with Crippen LogP contribution in [0.5, 0.6) is 0 Å². The molecule has 1 amide bonds. The third-order valence-electron chi connectivity index (χ3n) is 4.31. The molecule has 0 fully saturated rings. The fraction of sp³-hybridized carbons (Fsp3) is 0.625. The smallest absolute Gasteiger partial charge is 0.264 e. The highest BCUT2D eigenvalue weighted by atomic mass is 16.2. The maximum Gasteiger partial charge on any atom is 0.264 e. The minimum atomic E-state index is -0.261. The van der Waals surface area contributed by atoms with E-state index in [2.05, 4.69) is 34.1 Å². The predicted octanol–water partition coefficient (Wildman–Crippen LogP) is 0.223. The van der Waals surface area contributed by atoms with E-state index in [0.717, 1.165) is 6.54 Å². The van der Waals surface area contributed by atoms with Crippen molar-refractivity contribution in [3.8, 4) is 0 Å². The van der Waals surface area contributed by atoms with Crippen molar-refractivity contribution < 1.29 is 4.79 Å². The zero-order valence-corrected chi connectivity index (χ0v) is 15.2. The number of rotatable bonds is 6. The van der Waals surface area contributed by atoms with Crippen molar-refractivity contribution in [3.05, 3.63) is 22.9 Å². The summed E-state index contributed by atoms with van der Waals surface area (Å²) in [5.41, 5.74) is 0.163. The van der Waals surface area contributed by atoms with Gasteiger partial charge in [0.05, 0.1) is 6.20 Å². The Morgan fingerprint density at radius 1 is 1.42 bits per heavy atom. The van der Waals surface area contributed by atoms with Gasteiger partial charge in [0.1, 0.15) is 18.3 Å². The molecule has 8 heteroatoms. The molecule has 1 atom stereocenters. The van der Waals surface area contributed by atoms with Crippen molar-refractivity contribution in [2.45, 2.75) is 33.4 Å². The Morgan fingerprint density at radius 3 is 2.71 bits per heavy atom. The van der Waals surface area contributed by atoms with Crippen molar-refractivity contribution >= 4 is 16.9 Å². The molecule has 8 nitrogen and oxygen atoms in total. The molecule has 0 spiro atoms. The second kappa shape index (κ2) is 6.72. The van der Waals surface area contributed by atoms with E-state index in [0.29, 0.717) is 11.0 Å². The third-order valence-corrected chi connectivity index (χ3v) is 4.31. The van der Waals surface area contributed by atoms with Crippen molar-refractivity contribution in [3.63, 3.8) is 0 Å². The minimum absolute atomic E-state index is 0.0295. The lowest BCUT2D eigenvalue weighted by Gasteiger charge is -2.34. The summed E-state index contributed by atoms with van der Waals surface area (Å²) in [6.45, 7) is 6.98. The Morgan fingerprint density at radius 2 is 2.08 bits per heavy atom. The van der Waals surface area contributed by atoms with E-state index >= 15 is 0 Å². The molecule has 0 radical (unpaired) electrons. The number of hydrogen-bond donors (Lipinski definition) is 1. The molecule has 0 saturated heterocycles. The number of carbonyl (C=O) groups excluding carboxylic acids is 1. The number of amides is 1. The van der Waals surface area contributed by atoms with Crippen LogP contribution in [0, 0.1) is 5.41 Å². The lowest BCUT2D eigenvalue weighted by molar-refractivity contribution is -0.123. The average Bonchev–Trinajstić information content (AvgIpc) is 2.82. The largest absolute Gasteiger partial charge is 0.352 e. The van der Waals surface area contributed by atoms with Crippen molar-refractivity contribution in [1.82, 2.24) is 29.5 Å².